The van der Waals surface area contributed by atoms with Gasteiger partial charge in [-0.25, -0.2) is 0 Å². The first-order valence-corrected chi connectivity index (χ1v) is 4.75. The average Bonchev–Trinajstić information content (AvgIpc) is 1.94. The van der Waals surface area contributed by atoms with Crippen molar-refractivity contribution in [3.8, 4) is 0 Å². The van der Waals surface area contributed by atoms with Gasteiger partial charge < -0.3 is 9.84 Å². The van der Waals surface area contributed by atoms with Crippen LogP contribution in [0.4, 0.5) is 0 Å². The number of rotatable bonds is 6. The molecule has 0 aromatic carbocycles. The highest BCUT2D eigenvalue weighted by Crippen LogP contribution is 2.20. The highest BCUT2D eigenvalue weighted by Gasteiger charge is 2.08. The maximum atomic E-state index is 8.47. The zero-order valence-electron chi connectivity index (χ0n) is 8.60. The fourth-order valence-electron chi connectivity index (χ4n) is 0.973. The van der Waals surface area contributed by atoms with Crippen LogP contribution >= 0.6 is 0 Å². The van der Waals surface area contributed by atoms with Crippen LogP contribution in [0.2, 0.25) is 0 Å². The van der Waals surface area contributed by atoms with Gasteiger partial charge in [0.25, 0.3) is 0 Å². The topological polar surface area (TPSA) is 29.5 Å². The van der Waals surface area contributed by atoms with Crippen LogP contribution in [0.5, 0.6) is 0 Å². The lowest BCUT2D eigenvalue weighted by molar-refractivity contribution is 0.107. The molecule has 0 aromatic rings. The highest BCUT2D eigenvalue weighted by atomic mass is 16.5. The van der Waals surface area contributed by atoms with E-state index in [9.17, 15) is 0 Å². The SMILES string of the molecule is CC(C)(C)CCCOCCCO. The highest BCUT2D eigenvalue weighted by molar-refractivity contribution is 4.60. The molecule has 0 aliphatic carbocycles. The fourth-order valence-corrected chi connectivity index (χ4v) is 0.973. The molecule has 0 amide bonds. The van der Waals surface area contributed by atoms with Crippen molar-refractivity contribution in [1.82, 2.24) is 0 Å². The quantitative estimate of drug-likeness (QED) is 0.626. The van der Waals surface area contributed by atoms with Gasteiger partial charge in [-0.05, 0) is 24.7 Å². The van der Waals surface area contributed by atoms with Crippen molar-refractivity contribution in [2.45, 2.75) is 40.0 Å². The molecule has 0 fully saturated rings. The molecule has 1 N–H and O–H groups in total. The Labute approximate surface area is 75.9 Å². The van der Waals surface area contributed by atoms with Crippen molar-refractivity contribution in [2.75, 3.05) is 19.8 Å². The van der Waals surface area contributed by atoms with Gasteiger partial charge in [-0.15, -0.1) is 0 Å². The third kappa shape index (κ3) is 9.92. The second kappa shape index (κ2) is 6.44. The molecule has 2 heteroatoms. The Morgan fingerprint density at radius 3 is 2.17 bits per heavy atom. The van der Waals surface area contributed by atoms with Crippen LogP contribution in [0.1, 0.15) is 40.0 Å². The van der Waals surface area contributed by atoms with E-state index in [1.54, 1.807) is 0 Å². The van der Waals surface area contributed by atoms with Crippen molar-refractivity contribution in [3.63, 3.8) is 0 Å². The first-order valence-electron chi connectivity index (χ1n) is 4.75. The van der Waals surface area contributed by atoms with E-state index in [0.29, 0.717) is 12.0 Å². The van der Waals surface area contributed by atoms with E-state index >= 15 is 0 Å². The minimum absolute atomic E-state index is 0.235. The second-order valence-electron chi connectivity index (χ2n) is 4.35. The van der Waals surface area contributed by atoms with Crippen LogP contribution in [-0.2, 0) is 4.74 Å². The van der Waals surface area contributed by atoms with Crippen LogP contribution < -0.4 is 0 Å². The van der Waals surface area contributed by atoms with Gasteiger partial charge in [0.2, 0.25) is 0 Å². The molecule has 0 aliphatic rings. The Bertz CT molecular complexity index is 94.5. The molecular formula is C10H22O2. The summed E-state index contributed by atoms with van der Waals surface area (Å²) in [6.45, 7) is 8.47. The van der Waals surface area contributed by atoms with Gasteiger partial charge in [-0.2, -0.15) is 0 Å². The molecule has 0 aromatic heterocycles. The maximum Gasteiger partial charge on any atom is 0.0487 e. The summed E-state index contributed by atoms with van der Waals surface area (Å²) in [7, 11) is 0. The van der Waals surface area contributed by atoms with Crippen LogP contribution in [0.15, 0.2) is 0 Å². The Balaban J connectivity index is 3.01. The van der Waals surface area contributed by atoms with Gasteiger partial charge in [0.1, 0.15) is 0 Å². The molecule has 12 heavy (non-hydrogen) atoms. The van der Waals surface area contributed by atoms with Gasteiger partial charge >= 0.3 is 0 Å². The smallest absolute Gasteiger partial charge is 0.0487 e. The van der Waals surface area contributed by atoms with Crippen molar-refractivity contribution in [2.24, 2.45) is 5.41 Å². The maximum absolute atomic E-state index is 8.47. The van der Waals surface area contributed by atoms with Gasteiger partial charge in [0.05, 0.1) is 0 Å². The number of ether oxygens (including phenoxy) is 1. The first-order chi connectivity index (χ1) is 5.56. The van der Waals surface area contributed by atoms with Gasteiger partial charge in [-0.1, -0.05) is 20.8 Å². The predicted molar refractivity (Wildman–Crippen MR) is 51.2 cm³/mol. The van der Waals surface area contributed by atoms with Crippen molar-refractivity contribution in [1.29, 1.82) is 0 Å². The largest absolute Gasteiger partial charge is 0.396 e. The molecule has 0 unspecified atom stereocenters. The number of aliphatic hydroxyl groups is 1. The van der Waals surface area contributed by atoms with Crippen molar-refractivity contribution in [3.05, 3.63) is 0 Å². The van der Waals surface area contributed by atoms with Crippen molar-refractivity contribution >= 4 is 0 Å². The van der Waals surface area contributed by atoms with Crippen LogP contribution in [0.3, 0.4) is 0 Å². The lowest BCUT2D eigenvalue weighted by Crippen LogP contribution is -2.07. The summed E-state index contributed by atoms with van der Waals surface area (Å²) in [5.74, 6) is 0. The minimum atomic E-state index is 0.235. The summed E-state index contributed by atoms with van der Waals surface area (Å²) in [4.78, 5) is 0. The lowest BCUT2D eigenvalue weighted by Gasteiger charge is -2.17. The molecule has 0 bridgehead atoms. The molecule has 2 nitrogen and oxygen atoms in total. The normalized spacial score (nSPS) is 12.0. The van der Waals surface area contributed by atoms with E-state index in [1.165, 1.54) is 6.42 Å². The standard InChI is InChI=1S/C10H22O2/c1-10(2,3)6-4-8-12-9-5-7-11/h11H,4-9H2,1-3H3. The Kier molecular flexibility index (Phi) is 6.39. The Morgan fingerprint density at radius 2 is 1.67 bits per heavy atom. The second-order valence-corrected chi connectivity index (χ2v) is 4.35. The number of aliphatic hydroxyl groups excluding tert-OH is 1. The third-order valence-corrected chi connectivity index (χ3v) is 1.66. The zero-order valence-corrected chi connectivity index (χ0v) is 8.60. The summed E-state index contributed by atoms with van der Waals surface area (Å²) in [6.07, 6.45) is 3.08. The molecule has 0 spiro atoms. The average molecular weight is 174 g/mol. The van der Waals surface area contributed by atoms with Crippen LogP contribution in [0, 0.1) is 5.41 Å². The van der Waals surface area contributed by atoms with Gasteiger partial charge in [0.15, 0.2) is 0 Å². The monoisotopic (exact) mass is 174 g/mol. The molecule has 0 aliphatic heterocycles. The van der Waals surface area contributed by atoms with E-state index in [2.05, 4.69) is 20.8 Å². The lowest BCUT2D eigenvalue weighted by atomic mass is 9.91. The van der Waals surface area contributed by atoms with E-state index < -0.39 is 0 Å². The summed E-state index contributed by atoms with van der Waals surface area (Å²) in [6, 6.07) is 0. The van der Waals surface area contributed by atoms with E-state index in [-0.39, 0.29) is 6.61 Å². The number of hydrogen-bond acceptors (Lipinski definition) is 2. The van der Waals surface area contributed by atoms with Crippen LogP contribution in [0.25, 0.3) is 0 Å². The summed E-state index contributed by atoms with van der Waals surface area (Å²) in [5.41, 5.74) is 0.417. The molecular weight excluding hydrogens is 152 g/mol. The molecule has 0 heterocycles. The van der Waals surface area contributed by atoms with Crippen molar-refractivity contribution < 1.29 is 9.84 Å². The first kappa shape index (κ1) is 11.9. The fraction of sp³-hybridized carbons (Fsp3) is 1.00. The zero-order chi connectivity index (χ0) is 9.45. The van der Waals surface area contributed by atoms with Crippen LogP contribution in [-0.4, -0.2) is 24.9 Å². The van der Waals surface area contributed by atoms with Gasteiger partial charge in [-0.3, -0.25) is 0 Å². The van der Waals surface area contributed by atoms with E-state index in [4.69, 9.17) is 9.84 Å². The predicted octanol–water partition coefficient (Wildman–Crippen LogP) is 2.21. The molecule has 0 saturated heterocycles. The summed E-state index contributed by atoms with van der Waals surface area (Å²) in [5, 5.41) is 8.47. The summed E-state index contributed by atoms with van der Waals surface area (Å²) >= 11 is 0. The Hall–Kier alpha value is -0.0800. The third-order valence-electron chi connectivity index (χ3n) is 1.66. The molecule has 0 saturated carbocycles. The molecule has 0 atom stereocenters. The molecule has 0 rings (SSSR count). The number of hydrogen-bond donors (Lipinski definition) is 1. The summed E-state index contributed by atoms with van der Waals surface area (Å²) < 4.78 is 5.31. The molecule has 74 valence electrons. The van der Waals surface area contributed by atoms with E-state index in [1.807, 2.05) is 0 Å². The van der Waals surface area contributed by atoms with Gasteiger partial charge in [0, 0.05) is 19.8 Å². The van der Waals surface area contributed by atoms with E-state index in [0.717, 1.165) is 19.4 Å². The Morgan fingerprint density at radius 1 is 1.08 bits per heavy atom. The molecule has 0 radical (unpaired) electrons. The minimum Gasteiger partial charge on any atom is -0.396 e.